The van der Waals surface area contributed by atoms with E-state index in [4.69, 9.17) is 0 Å². The molecule has 150 valence electrons. The van der Waals surface area contributed by atoms with Crippen LogP contribution in [-0.2, 0) is 9.59 Å². The molecule has 0 aromatic heterocycles. The van der Waals surface area contributed by atoms with Gasteiger partial charge in [0.1, 0.15) is 0 Å². The third-order valence-electron chi connectivity index (χ3n) is 4.70. The zero-order valence-electron chi connectivity index (χ0n) is 15.5. The van der Waals surface area contributed by atoms with Gasteiger partial charge < -0.3 is 16.0 Å². The molecular formula is C17H32ClN5O3. The zero-order chi connectivity index (χ0) is 18.1. The molecule has 2 saturated heterocycles. The largest absolute Gasteiger partial charge is 0.354 e. The van der Waals surface area contributed by atoms with Crippen LogP contribution in [0.2, 0.25) is 0 Å². The molecule has 2 rings (SSSR count). The van der Waals surface area contributed by atoms with Crippen LogP contribution in [0.4, 0.5) is 4.79 Å². The van der Waals surface area contributed by atoms with Crippen LogP contribution >= 0.6 is 12.4 Å². The molecule has 2 atom stereocenters. The summed E-state index contributed by atoms with van der Waals surface area (Å²) in [6, 6.07) is -0.483. The van der Waals surface area contributed by atoms with Crippen molar-refractivity contribution in [2.75, 3.05) is 39.3 Å². The van der Waals surface area contributed by atoms with Gasteiger partial charge in [0.15, 0.2) is 0 Å². The van der Waals surface area contributed by atoms with Crippen LogP contribution < -0.4 is 21.3 Å². The highest BCUT2D eigenvalue weighted by atomic mass is 35.5. The summed E-state index contributed by atoms with van der Waals surface area (Å²) in [6.07, 6.45) is 4.83. The number of piperidine rings is 1. The van der Waals surface area contributed by atoms with Gasteiger partial charge in [-0.25, -0.2) is 4.79 Å². The molecule has 0 saturated carbocycles. The first-order valence-electron chi connectivity index (χ1n) is 9.39. The molecule has 26 heavy (non-hydrogen) atoms. The number of imide groups is 1. The van der Waals surface area contributed by atoms with Crippen LogP contribution in [0.1, 0.15) is 39.0 Å². The first kappa shape index (κ1) is 22.7. The molecule has 0 radical (unpaired) electrons. The minimum Gasteiger partial charge on any atom is -0.354 e. The number of hydrogen-bond acceptors (Lipinski definition) is 5. The van der Waals surface area contributed by atoms with Crippen molar-refractivity contribution >= 4 is 30.3 Å². The quantitative estimate of drug-likeness (QED) is 0.499. The van der Waals surface area contributed by atoms with Gasteiger partial charge in [-0.3, -0.25) is 19.8 Å². The van der Waals surface area contributed by atoms with E-state index in [2.05, 4.69) is 26.2 Å². The molecule has 4 amide bonds. The zero-order valence-corrected chi connectivity index (χ0v) is 16.3. The highest BCUT2D eigenvalue weighted by Gasteiger charge is 2.25. The second-order valence-corrected chi connectivity index (χ2v) is 6.94. The topological polar surface area (TPSA) is 103 Å². The van der Waals surface area contributed by atoms with Crippen LogP contribution in [0.25, 0.3) is 0 Å². The third-order valence-corrected chi connectivity index (χ3v) is 4.70. The molecule has 9 heteroatoms. The lowest BCUT2D eigenvalue weighted by Crippen LogP contribution is -2.49. The van der Waals surface area contributed by atoms with E-state index in [1.54, 1.807) is 0 Å². The second kappa shape index (κ2) is 12.1. The lowest BCUT2D eigenvalue weighted by atomic mass is 9.98. The summed E-state index contributed by atoms with van der Waals surface area (Å²) in [5.41, 5.74) is 0. The maximum Gasteiger partial charge on any atom is 0.321 e. The van der Waals surface area contributed by atoms with E-state index in [1.165, 1.54) is 0 Å². The summed E-state index contributed by atoms with van der Waals surface area (Å²) in [5, 5.41) is 11.2. The SMILES string of the molecule is CCCNC(=O)NC(=O)CN1CCCC(CNC(=O)C2CCCN2)C1.Cl. The maximum atomic E-state index is 12.1. The van der Waals surface area contributed by atoms with Gasteiger partial charge in [0.2, 0.25) is 11.8 Å². The number of halogens is 1. The number of carbonyl (C=O) groups is 3. The first-order chi connectivity index (χ1) is 12.1. The minimum absolute atomic E-state index is 0. The number of urea groups is 1. The fourth-order valence-corrected chi connectivity index (χ4v) is 3.39. The summed E-state index contributed by atoms with van der Waals surface area (Å²) in [4.78, 5) is 37.6. The second-order valence-electron chi connectivity index (χ2n) is 6.94. The Labute approximate surface area is 161 Å². The van der Waals surface area contributed by atoms with Crippen molar-refractivity contribution in [3.8, 4) is 0 Å². The number of rotatable bonds is 7. The van der Waals surface area contributed by atoms with Crippen molar-refractivity contribution in [3.05, 3.63) is 0 Å². The van der Waals surface area contributed by atoms with Gasteiger partial charge in [-0.15, -0.1) is 12.4 Å². The van der Waals surface area contributed by atoms with Crippen molar-refractivity contribution in [3.63, 3.8) is 0 Å². The predicted octanol–water partition coefficient (Wildman–Crippen LogP) is 0.224. The summed E-state index contributed by atoms with van der Waals surface area (Å²) in [5.74, 6) is 0.147. The number of carbonyl (C=O) groups excluding carboxylic acids is 3. The van der Waals surface area contributed by atoms with Gasteiger partial charge in [-0.1, -0.05) is 6.92 Å². The Morgan fingerprint density at radius 1 is 1.15 bits per heavy atom. The average Bonchev–Trinajstić information content (AvgIpc) is 3.12. The van der Waals surface area contributed by atoms with Crippen LogP contribution in [0.15, 0.2) is 0 Å². The van der Waals surface area contributed by atoms with E-state index < -0.39 is 6.03 Å². The van der Waals surface area contributed by atoms with Crippen LogP contribution in [0.5, 0.6) is 0 Å². The molecule has 8 nitrogen and oxygen atoms in total. The fraction of sp³-hybridized carbons (Fsp3) is 0.824. The number of likely N-dealkylation sites (tertiary alicyclic amines) is 1. The predicted molar refractivity (Wildman–Crippen MR) is 102 cm³/mol. The van der Waals surface area contributed by atoms with E-state index in [-0.39, 0.29) is 36.8 Å². The number of hydrogen-bond donors (Lipinski definition) is 4. The smallest absolute Gasteiger partial charge is 0.321 e. The van der Waals surface area contributed by atoms with Crippen LogP contribution in [0, 0.1) is 5.92 Å². The molecule has 0 aromatic rings. The van der Waals surface area contributed by atoms with Crippen LogP contribution in [0.3, 0.4) is 0 Å². The average molecular weight is 390 g/mol. The molecule has 0 spiro atoms. The fourth-order valence-electron chi connectivity index (χ4n) is 3.39. The summed E-state index contributed by atoms with van der Waals surface area (Å²) >= 11 is 0. The van der Waals surface area contributed by atoms with E-state index in [0.717, 1.165) is 51.7 Å². The molecule has 0 aliphatic carbocycles. The molecule has 0 aromatic carbocycles. The van der Waals surface area contributed by atoms with Gasteiger partial charge in [-0.2, -0.15) is 0 Å². The molecule has 4 N–H and O–H groups in total. The highest BCUT2D eigenvalue weighted by Crippen LogP contribution is 2.15. The Hall–Kier alpha value is -1.38. The number of nitrogens with one attached hydrogen (secondary N) is 4. The number of amides is 4. The lowest BCUT2D eigenvalue weighted by molar-refractivity contribution is -0.124. The van der Waals surface area contributed by atoms with E-state index in [0.29, 0.717) is 19.0 Å². The molecule has 2 aliphatic heterocycles. The highest BCUT2D eigenvalue weighted by molar-refractivity contribution is 5.95. The Balaban J connectivity index is 0.00000338. The normalized spacial score (nSPS) is 23.0. The van der Waals surface area contributed by atoms with Gasteiger partial charge >= 0.3 is 6.03 Å². The van der Waals surface area contributed by atoms with Crippen molar-refractivity contribution in [2.45, 2.75) is 45.1 Å². The Kier molecular flexibility index (Phi) is 10.5. The van der Waals surface area contributed by atoms with Crippen molar-refractivity contribution in [1.29, 1.82) is 0 Å². The van der Waals surface area contributed by atoms with Crippen molar-refractivity contribution in [1.82, 2.24) is 26.2 Å². The van der Waals surface area contributed by atoms with Crippen molar-refractivity contribution in [2.24, 2.45) is 5.92 Å². The first-order valence-corrected chi connectivity index (χ1v) is 9.39. The minimum atomic E-state index is -0.434. The van der Waals surface area contributed by atoms with Gasteiger partial charge in [-0.05, 0) is 51.1 Å². The van der Waals surface area contributed by atoms with Gasteiger partial charge in [0.05, 0.1) is 12.6 Å². The van der Waals surface area contributed by atoms with Crippen LogP contribution in [-0.4, -0.2) is 68.1 Å². The third kappa shape index (κ3) is 7.88. The Bertz CT molecular complexity index is 471. The summed E-state index contributed by atoms with van der Waals surface area (Å²) in [7, 11) is 0. The Morgan fingerprint density at radius 2 is 1.96 bits per heavy atom. The molecule has 0 bridgehead atoms. The lowest BCUT2D eigenvalue weighted by Gasteiger charge is -2.32. The Morgan fingerprint density at radius 3 is 2.65 bits per heavy atom. The molecule has 2 aliphatic rings. The van der Waals surface area contributed by atoms with E-state index in [9.17, 15) is 14.4 Å². The maximum absolute atomic E-state index is 12.1. The van der Waals surface area contributed by atoms with Gasteiger partial charge in [0, 0.05) is 19.6 Å². The number of nitrogens with zero attached hydrogens (tertiary/aromatic N) is 1. The van der Waals surface area contributed by atoms with E-state index >= 15 is 0 Å². The molecule has 2 fully saturated rings. The molecular weight excluding hydrogens is 358 g/mol. The molecule has 2 heterocycles. The standard InChI is InChI=1S/C17H31N5O3.ClH/c1-2-7-19-17(25)21-15(23)12-22-9-4-5-13(11-22)10-20-16(24)14-6-3-8-18-14;/h13-14,18H,2-12H2,1H3,(H,20,24)(H2,19,21,23,25);1H. The summed E-state index contributed by atoms with van der Waals surface area (Å²) < 4.78 is 0. The monoisotopic (exact) mass is 389 g/mol. The van der Waals surface area contributed by atoms with Crippen molar-refractivity contribution < 1.29 is 14.4 Å². The molecule has 2 unspecified atom stereocenters. The summed E-state index contributed by atoms with van der Waals surface area (Å²) in [6.45, 7) is 5.90. The van der Waals surface area contributed by atoms with E-state index in [1.807, 2.05) is 6.92 Å². The van der Waals surface area contributed by atoms with Gasteiger partial charge in [0.25, 0.3) is 0 Å².